The molecule has 1 aromatic heterocycles. The van der Waals surface area contributed by atoms with E-state index >= 15 is 0 Å². The number of nitrogens with one attached hydrogen (secondary N) is 1. The molecule has 2 aromatic rings. The summed E-state index contributed by atoms with van der Waals surface area (Å²) in [7, 11) is 0. The molecule has 1 heterocycles. The van der Waals surface area contributed by atoms with Crippen molar-refractivity contribution in [3.8, 4) is 0 Å². The van der Waals surface area contributed by atoms with Crippen molar-refractivity contribution in [2.75, 3.05) is 11.1 Å². The van der Waals surface area contributed by atoms with Gasteiger partial charge in [0.25, 0.3) is 5.91 Å². The Balaban J connectivity index is 2.25. The molecule has 0 aliphatic carbocycles. The molecule has 0 aliphatic heterocycles. The largest absolute Gasteiger partial charge is 0.382 e. The zero-order valence-electron chi connectivity index (χ0n) is 9.45. The van der Waals surface area contributed by atoms with Gasteiger partial charge in [-0.25, -0.2) is 4.98 Å². The number of benzene rings is 1. The number of carbonyl (C=O) groups is 1. The quantitative estimate of drug-likeness (QED) is 0.883. The maximum Gasteiger partial charge on any atom is 0.255 e. The first-order valence-corrected chi connectivity index (χ1v) is 6.28. The fraction of sp³-hybridized carbons (Fsp3) is 0. The summed E-state index contributed by atoms with van der Waals surface area (Å²) in [6.07, 6.45) is 1.39. The normalized spacial score (nSPS) is 10.3. The van der Waals surface area contributed by atoms with E-state index in [1.807, 2.05) is 0 Å². The van der Waals surface area contributed by atoms with Crippen LogP contribution in [0.2, 0.25) is 15.1 Å². The van der Waals surface area contributed by atoms with Crippen LogP contribution < -0.4 is 11.1 Å². The maximum atomic E-state index is 12.0. The Hall–Kier alpha value is -1.49. The summed E-state index contributed by atoms with van der Waals surface area (Å²) in [5.74, 6) is -0.202. The van der Waals surface area contributed by atoms with Crippen LogP contribution in [0.4, 0.5) is 11.5 Å². The lowest BCUT2D eigenvalue weighted by atomic mass is 10.2. The maximum absolute atomic E-state index is 12.0. The standard InChI is InChI=1S/C12H8Cl3N3O/c13-7-4-10(11(16)17-5-7)18-12(19)6-1-2-8(14)9(15)3-6/h1-5H,(H2,16,17)(H,18,19). The summed E-state index contributed by atoms with van der Waals surface area (Å²) in [5, 5.41) is 3.65. The monoisotopic (exact) mass is 315 g/mol. The average molecular weight is 317 g/mol. The SMILES string of the molecule is Nc1ncc(Cl)cc1NC(=O)c1ccc(Cl)c(Cl)c1. The van der Waals surface area contributed by atoms with Crippen LogP contribution >= 0.6 is 34.8 Å². The summed E-state index contributed by atoms with van der Waals surface area (Å²) in [6, 6.07) is 6.07. The number of carbonyl (C=O) groups excluding carboxylic acids is 1. The van der Waals surface area contributed by atoms with Crippen molar-refractivity contribution < 1.29 is 4.79 Å². The van der Waals surface area contributed by atoms with E-state index in [2.05, 4.69) is 10.3 Å². The van der Waals surface area contributed by atoms with Crippen LogP contribution in [0.1, 0.15) is 10.4 Å². The van der Waals surface area contributed by atoms with Crippen LogP contribution in [0, 0.1) is 0 Å². The summed E-state index contributed by atoms with van der Waals surface area (Å²) in [4.78, 5) is 15.8. The van der Waals surface area contributed by atoms with Crippen molar-refractivity contribution in [1.29, 1.82) is 0 Å². The van der Waals surface area contributed by atoms with Gasteiger partial charge in [-0.1, -0.05) is 34.8 Å². The molecule has 1 amide bonds. The summed E-state index contributed by atoms with van der Waals surface area (Å²) >= 11 is 17.4. The third kappa shape index (κ3) is 3.29. The number of anilines is 2. The highest BCUT2D eigenvalue weighted by atomic mass is 35.5. The number of halogens is 3. The highest BCUT2D eigenvalue weighted by Crippen LogP contribution is 2.24. The zero-order chi connectivity index (χ0) is 14.0. The number of rotatable bonds is 2. The van der Waals surface area contributed by atoms with Gasteiger partial charge in [0.2, 0.25) is 0 Å². The van der Waals surface area contributed by atoms with E-state index in [9.17, 15) is 4.79 Å². The fourth-order valence-electron chi connectivity index (χ4n) is 1.38. The second-order valence-corrected chi connectivity index (χ2v) is 4.92. The topological polar surface area (TPSA) is 68.0 Å². The van der Waals surface area contributed by atoms with Crippen molar-refractivity contribution >= 4 is 52.2 Å². The number of pyridine rings is 1. The van der Waals surface area contributed by atoms with Gasteiger partial charge in [0.15, 0.2) is 0 Å². The van der Waals surface area contributed by atoms with E-state index in [1.54, 1.807) is 12.1 Å². The Bertz CT molecular complexity index is 646. The van der Waals surface area contributed by atoms with Crippen LogP contribution in [-0.4, -0.2) is 10.9 Å². The number of amides is 1. The van der Waals surface area contributed by atoms with Gasteiger partial charge in [-0.15, -0.1) is 0 Å². The van der Waals surface area contributed by atoms with Crippen molar-refractivity contribution in [3.63, 3.8) is 0 Å². The molecule has 98 valence electrons. The van der Waals surface area contributed by atoms with Crippen molar-refractivity contribution in [2.45, 2.75) is 0 Å². The Morgan fingerprint density at radius 1 is 1.16 bits per heavy atom. The first-order valence-electron chi connectivity index (χ1n) is 5.15. The van der Waals surface area contributed by atoms with Crippen LogP contribution in [-0.2, 0) is 0 Å². The molecule has 0 fully saturated rings. The molecule has 7 heteroatoms. The van der Waals surface area contributed by atoms with Gasteiger partial charge in [0.1, 0.15) is 5.82 Å². The Morgan fingerprint density at radius 2 is 1.89 bits per heavy atom. The fourth-order valence-corrected chi connectivity index (χ4v) is 1.84. The van der Waals surface area contributed by atoms with Gasteiger partial charge in [-0.2, -0.15) is 0 Å². The molecule has 0 saturated heterocycles. The zero-order valence-corrected chi connectivity index (χ0v) is 11.7. The summed E-state index contributed by atoms with van der Waals surface area (Å²) < 4.78 is 0. The predicted octanol–water partition coefficient (Wildman–Crippen LogP) is 3.88. The lowest BCUT2D eigenvalue weighted by Crippen LogP contribution is -2.13. The molecule has 0 aliphatic rings. The minimum atomic E-state index is -0.380. The van der Waals surface area contributed by atoms with Gasteiger partial charge < -0.3 is 11.1 Å². The Morgan fingerprint density at radius 3 is 2.58 bits per heavy atom. The van der Waals surface area contributed by atoms with Gasteiger partial charge >= 0.3 is 0 Å². The first-order chi connectivity index (χ1) is 8.97. The first kappa shape index (κ1) is 13.9. The second kappa shape index (κ2) is 5.65. The average Bonchev–Trinajstić information content (AvgIpc) is 2.37. The van der Waals surface area contributed by atoms with E-state index in [1.165, 1.54) is 18.3 Å². The van der Waals surface area contributed by atoms with Crippen molar-refractivity contribution in [3.05, 3.63) is 51.1 Å². The smallest absolute Gasteiger partial charge is 0.255 e. The molecule has 2 rings (SSSR count). The molecule has 19 heavy (non-hydrogen) atoms. The van der Waals surface area contributed by atoms with E-state index in [-0.39, 0.29) is 11.7 Å². The van der Waals surface area contributed by atoms with E-state index in [0.717, 1.165) is 0 Å². The van der Waals surface area contributed by atoms with E-state index in [0.29, 0.717) is 26.3 Å². The van der Waals surface area contributed by atoms with Crippen LogP contribution in [0.15, 0.2) is 30.5 Å². The molecule has 0 radical (unpaired) electrons. The number of nitrogen functional groups attached to an aromatic ring is 1. The van der Waals surface area contributed by atoms with Crippen LogP contribution in [0.25, 0.3) is 0 Å². The molecule has 3 N–H and O–H groups in total. The third-order valence-corrected chi connectivity index (χ3v) is 3.26. The van der Waals surface area contributed by atoms with Gasteiger partial charge in [0.05, 0.1) is 20.8 Å². The lowest BCUT2D eigenvalue weighted by molar-refractivity contribution is 0.102. The number of nitrogens with two attached hydrogens (primary N) is 1. The highest BCUT2D eigenvalue weighted by molar-refractivity contribution is 6.42. The molecular weight excluding hydrogens is 309 g/mol. The third-order valence-electron chi connectivity index (χ3n) is 2.32. The number of hydrogen-bond acceptors (Lipinski definition) is 3. The minimum Gasteiger partial charge on any atom is -0.382 e. The summed E-state index contributed by atoms with van der Waals surface area (Å²) in [5.41, 5.74) is 6.33. The van der Waals surface area contributed by atoms with E-state index in [4.69, 9.17) is 40.5 Å². The molecule has 0 saturated carbocycles. The highest BCUT2D eigenvalue weighted by Gasteiger charge is 2.11. The number of aromatic nitrogens is 1. The molecule has 1 aromatic carbocycles. The van der Waals surface area contributed by atoms with E-state index < -0.39 is 0 Å². The van der Waals surface area contributed by atoms with Gasteiger partial charge in [-0.3, -0.25) is 4.79 Å². The van der Waals surface area contributed by atoms with Crippen LogP contribution in [0.5, 0.6) is 0 Å². The minimum absolute atomic E-state index is 0.179. The summed E-state index contributed by atoms with van der Waals surface area (Å²) in [6.45, 7) is 0. The molecule has 0 unspecified atom stereocenters. The van der Waals surface area contributed by atoms with Crippen LogP contribution in [0.3, 0.4) is 0 Å². The van der Waals surface area contributed by atoms with Crippen molar-refractivity contribution in [1.82, 2.24) is 4.98 Å². The molecule has 4 nitrogen and oxygen atoms in total. The molecule has 0 bridgehead atoms. The Kier molecular flexibility index (Phi) is 4.14. The van der Waals surface area contributed by atoms with Gasteiger partial charge in [-0.05, 0) is 24.3 Å². The number of hydrogen-bond donors (Lipinski definition) is 2. The molecular formula is C12H8Cl3N3O. The van der Waals surface area contributed by atoms with Gasteiger partial charge in [0, 0.05) is 11.8 Å². The van der Waals surface area contributed by atoms with Crippen molar-refractivity contribution in [2.24, 2.45) is 0 Å². The molecule has 0 atom stereocenters. The predicted molar refractivity (Wildman–Crippen MR) is 78.1 cm³/mol. The second-order valence-electron chi connectivity index (χ2n) is 3.67. The lowest BCUT2D eigenvalue weighted by Gasteiger charge is -2.08. The molecule has 0 spiro atoms. The number of nitrogens with zero attached hydrogens (tertiary/aromatic N) is 1. The Labute approximate surface area is 124 Å².